The van der Waals surface area contributed by atoms with Gasteiger partial charge in [0.2, 0.25) is 0 Å². The van der Waals surface area contributed by atoms with E-state index in [0.29, 0.717) is 18.0 Å². The van der Waals surface area contributed by atoms with Crippen molar-refractivity contribution in [1.82, 2.24) is 14.7 Å². The highest BCUT2D eigenvalue weighted by atomic mass is 19.1. The van der Waals surface area contributed by atoms with Gasteiger partial charge in [-0.1, -0.05) is 18.2 Å². The van der Waals surface area contributed by atoms with E-state index in [4.69, 9.17) is 11.1 Å². The van der Waals surface area contributed by atoms with Gasteiger partial charge in [-0.15, -0.1) is 0 Å². The number of carbonyl (C=O) groups is 1. The Balaban J connectivity index is 1.46. The summed E-state index contributed by atoms with van der Waals surface area (Å²) in [4.78, 5) is 14.6. The molecule has 0 spiro atoms. The molecule has 1 aromatic heterocycles. The molecule has 31 heavy (non-hydrogen) atoms. The number of hydrogen-bond acceptors (Lipinski definition) is 4. The number of benzene rings is 2. The molecule has 2 atom stereocenters. The Hall–Kier alpha value is -3.48. The minimum atomic E-state index is -0.472. The van der Waals surface area contributed by atoms with E-state index in [-0.39, 0.29) is 17.5 Å². The first-order valence-corrected chi connectivity index (χ1v) is 10.5. The van der Waals surface area contributed by atoms with Crippen LogP contribution in [0.15, 0.2) is 54.9 Å². The van der Waals surface area contributed by atoms with Crippen molar-refractivity contribution in [3.63, 3.8) is 0 Å². The van der Waals surface area contributed by atoms with Crippen molar-refractivity contribution in [2.45, 2.75) is 32.4 Å². The second-order valence-corrected chi connectivity index (χ2v) is 8.08. The van der Waals surface area contributed by atoms with Crippen LogP contribution in [-0.2, 0) is 6.54 Å². The molecule has 1 saturated heterocycles. The molecule has 7 heteroatoms. The van der Waals surface area contributed by atoms with Crippen molar-refractivity contribution in [2.75, 3.05) is 6.54 Å². The molecule has 0 aliphatic carbocycles. The average molecular weight is 420 g/mol. The summed E-state index contributed by atoms with van der Waals surface area (Å²) in [6, 6.07) is 12.1. The number of halogens is 1. The normalized spacial score (nSPS) is 19.5. The van der Waals surface area contributed by atoms with E-state index in [1.165, 1.54) is 18.5 Å². The number of carbonyl (C=O) groups excluding carboxylic acids is 1. The lowest BCUT2D eigenvalue weighted by Gasteiger charge is -2.38. The fourth-order valence-electron chi connectivity index (χ4n) is 4.41. The van der Waals surface area contributed by atoms with Crippen molar-refractivity contribution in [2.24, 2.45) is 11.7 Å². The van der Waals surface area contributed by atoms with Crippen molar-refractivity contribution in [1.29, 1.82) is 5.41 Å². The number of likely N-dealkylation sites (tertiary alicyclic amines) is 1. The summed E-state index contributed by atoms with van der Waals surface area (Å²) in [5.74, 6) is -0.334. The third-order valence-electron chi connectivity index (χ3n) is 6.09. The molecule has 1 fully saturated rings. The zero-order valence-electron chi connectivity index (χ0n) is 17.5. The van der Waals surface area contributed by atoms with Gasteiger partial charge in [0.15, 0.2) is 0 Å². The monoisotopic (exact) mass is 419 g/mol. The van der Waals surface area contributed by atoms with E-state index in [1.54, 1.807) is 23.1 Å². The number of nitrogens with zero attached hydrogens (tertiary/aromatic N) is 3. The van der Waals surface area contributed by atoms with E-state index in [0.717, 1.165) is 35.9 Å². The number of allylic oxidation sites excluding steroid dienone is 1. The largest absolute Gasteiger partial charge is 0.404 e. The number of rotatable bonds is 5. The summed E-state index contributed by atoms with van der Waals surface area (Å²) >= 11 is 0. The number of fused-ring (bicyclic) bond motifs is 1. The number of hydrogen-bond donors (Lipinski definition) is 2. The highest BCUT2D eigenvalue weighted by Gasteiger charge is 2.30. The number of nitrogens with one attached hydrogen (secondary N) is 1. The predicted octanol–water partition coefficient (Wildman–Crippen LogP) is 4.07. The van der Waals surface area contributed by atoms with Crippen LogP contribution in [-0.4, -0.2) is 39.4 Å². The van der Waals surface area contributed by atoms with Crippen molar-refractivity contribution in [3.8, 4) is 0 Å². The quantitative estimate of drug-likeness (QED) is 0.611. The van der Waals surface area contributed by atoms with E-state index in [1.807, 2.05) is 36.0 Å². The maximum atomic E-state index is 14.0. The van der Waals surface area contributed by atoms with Gasteiger partial charge >= 0.3 is 0 Å². The lowest BCUT2D eigenvalue weighted by molar-refractivity contribution is 0.0558. The van der Waals surface area contributed by atoms with E-state index < -0.39 is 5.82 Å². The summed E-state index contributed by atoms with van der Waals surface area (Å²) < 4.78 is 16.0. The second-order valence-electron chi connectivity index (χ2n) is 8.08. The molecule has 0 radical (unpaired) electrons. The van der Waals surface area contributed by atoms with Crippen molar-refractivity contribution >= 4 is 28.6 Å². The minimum absolute atomic E-state index is 0.0316. The first-order chi connectivity index (χ1) is 15.0. The maximum absolute atomic E-state index is 14.0. The van der Waals surface area contributed by atoms with Gasteiger partial charge in [-0.2, -0.15) is 5.10 Å². The Bertz CT molecular complexity index is 1150. The number of piperidine rings is 1. The summed E-state index contributed by atoms with van der Waals surface area (Å²) in [7, 11) is 0. The molecule has 0 bridgehead atoms. The highest BCUT2D eigenvalue weighted by molar-refractivity contribution is 6.09. The third kappa shape index (κ3) is 4.08. The molecule has 2 heterocycles. The molecular formula is C24H26FN5O. The molecule has 2 unspecified atom stereocenters. The fraction of sp³-hybridized carbons (Fsp3) is 0.292. The Kier molecular flexibility index (Phi) is 5.84. The van der Waals surface area contributed by atoms with Crippen LogP contribution >= 0.6 is 0 Å². The molecular weight excluding hydrogens is 393 g/mol. The van der Waals surface area contributed by atoms with Gasteiger partial charge in [0, 0.05) is 42.5 Å². The smallest absolute Gasteiger partial charge is 0.257 e. The molecule has 0 saturated carbocycles. The lowest BCUT2D eigenvalue weighted by atomic mass is 9.91. The van der Waals surface area contributed by atoms with Crippen LogP contribution in [0.25, 0.3) is 16.5 Å². The van der Waals surface area contributed by atoms with Crippen LogP contribution in [0.4, 0.5) is 4.39 Å². The van der Waals surface area contributed by atoms with Crippen LogP contribution in [0.3, 0.4) is 0 Å². The molecule has 1 aliphatic rings. The first kappa shape index (κ1) is 20.8. The number of aromatic nitrogens is 2. The molecule has 2 aromatic carbocycles. The van der Waals surface area contributed by atoms with Crippen LogP contribution in [0, 0.1) is 17.1 Å². The Morgan fingerprint density at radius 1 is 1.32 bits per heavy atom. The number of nitrogens with two attached hydrogens (primary N) is 1. The lowest BCUT2D eigenvalue weighted by Crippen LogP contribution is -2.45. The number of amides is 1. The Morgan fingerprint density at radius 3 is 2.84 bits per heavy atom. The highest BCUT2D eigenvalue weighted by Crippen LogP contribution is 2.28. The van der Waals surface area contributed by atoms with E-state index in [9.17, 15) is 9.18 Å². The van der Waals surface area contributed by atoms with Gasteiger partial charge in [0.05, 0.1) is 17.3 Å². The van der Waals surface area contributed by atoms with E-state index >= 15 is 0 Å². The van der Waals surface area contributed by atoms with Gasteiger partial charge in [0.25, 0.3) is 5.91 Å². The SMILES string of the molecule is CC1CC(Cn2ncc3cc(/C(C=N)=C/N)ccc32)CCN1C(=O)c1ccccc1F. The topological polar surface area (TPSA) is 88.0 Å². The summed E-state index contributed by atoms with van der Waals surface area (Å²) in [5, 5.41) is 13.0. The summed E-state index contributed by atoms with van der Waals surface area (Å²) in [6.45, 7) is 3.39. The molecule has 1 aliphatic heterocycles. The van der Waals surface area contributed by atoms with E-state index in [2.05, 4.69) is 5.10 Å². The van der Waals surface area contributed by atoms with Crippen molar-refractivity contribution < 1.29 is 9.18 Å². The molecule has 3 N–H and O–H groups in total. The summed E-state index contributed by atoms with van der Waals surface area (Å²) in [6.07, 6.45) is 6.18. The van der Waals surface area contributed by atoms with Gasteiger partial charge < -0.3 is 16.0 Å². The van der Waals surface area contributed by atoms with Gasteiger partial charge in [-0.25, -0.2) is 4.39 Å². The van der Waals surface area contributed by atoms with Crippen LogP contribution < -0.4 is 5.73 Å². The van der Waals surface area contributed by atoms with Gasteiger partial charge in [-0.05, 0) is 55.5 Å². The molecule has 3 aromatic rings. The fourth-order valence-corrected chi connectivity index (χ4v) is 4.41. The zero-order chi connectivity index (χ0) is 22.0. The third-order valence-corrected chi connectivity index (χ3v) is 6.09. The second kappa shape index (κ2) is 8.71. The average Bonchev–Trinajstić information content (AvgIpc) is 3.17. The van der Waals surface area contributed by atoms with Crippen LogP contribution in [0.1, 0.15) is 35.7 Å². The first-order valence-electron chi connectivity index (χ1n) is 10.5. The molecule has 1 amide bonds. The molecule has 4 rings (SSSR count). The Labute approximate surface area is 180 Å². The van der Waals surface area contributed by atoms with Crippen LogP contribution in [0.2, 0.25) is 0 Å². The Morgan fingerprint density at radius 2 is 2.13 bits per heavy atom. The maximum Gasteiger partial charge on any atom is 0.257 e. The van der Waals surface area contributed by atoms with Crippen LogP contribution in [0.5, 0.6) is 0 Å². The zero-order valence-corrected chi connectivity index (χ0v) is 17.5. The van der Waals surface area contributed by atoms with Crippen molar-refractivity contribution in [3.05, 3.63) is 71.8 Å². The predicted molar refractivity (Wildman–Crippen MR) is 120 cm³/mol. The van der Waals surface area contributed by atoms with Gasteiger partial charge in [0.1, 0.15) is 5.82 Å². The molecule has 6 nitrogen and oxygen atoms in total. The molecule has 160 valence electrons. The van der Waals surface area contributed by atoms with Gasteiger partial charge in [-0.3, -0.25) is 9.48 Å². The standard InChI is InChI=1S/C24H26FN5O/c1-16-10-17(8-9-29(16)24(31)21-4-2-3-5-22(21)25)15-30-23-7-6-18(20(12-26)13-27)11-19(23)14-28-30/h2-7,11-14,16-17,26H,8-10,15,27H2,1H3/b20-13+,26-12?. The minimum Gasteiger partial charge on any atom is -0.404 e. The summed E-state index contributed by atoms with van der Waals surface area (Å²) in [5.41, 5.74) is 8.31.